The van der Waals surface area contributed by atoms with Gasteiger partial charge in [-0.05, 0) is 40.0 Å². The van der Waals surface area contributed by atoms with Gasteiger partial charge in [-0.1, -0.05) is 6.08 Å². The van der Waals surface area contributed by atoms with Crippen LogP contribution >= 0.6 is 0 Å². The summed E-state index contributed by atoms with van der Waals surface area (Å²) in [4.78, 5) is 13.8. The number of allylic oxidation sites excluding steroid dienone is 1. The number of hydrogen-bond acceptors (Lipinski definition) is 4. The molecule has 21 heavy (non-hydrogen) atoms. The Morgan fingerprint density at radius 1 is 1.48 bits per heavy atom. The van der Waals surface area contributed by atoms with Crippen LogP contribution < -0.4 is 5.32 Å². The Balaban J connectivity index is 1.98. The summed E-state index contributed by atoms with van der Waals surface area (Å²) in [6.45, 7) is 10.2. The van der Waals surface area contributed by atoms with Gasteiger partial charge in [0.05, 0.1) is 31.0 Å². The average molecular weight is 292 g/mol. The molecule has 2 rings (SSSR count). The molecule has 1 aromatic heterocycles. The minimum atomic E-state index is -0.462. The molecule has 2 heterocycles. The van der Waals surface area contributed by atoms with Crippen LogP contribution in [-0.2, 0) is 24.4 Å². The van der Waals surface area contributed by atoms with Crippen molar-refractivity contribution in [1.82, 2.24) is 20.0 Å². The van der Waals surface area contributed by atoms with Crippen molar-refractivity contribution in [3.05, 3.63) is 29.7 Å². The molecule has 1 aliphatic rings. The van der Waals surface area contributed by atoms with Crippen molar-refractivity contribution in [2.45, 2.75) is 52.9 Å². The fourth-order valence-corrected chi connectivity index (χ4v) is 2.18. The largest absolute Gasteiger partial charge is 0.444 e. The highest BCUT2D eigenvalue weighted by molar-refractivity contribution is 5.68. The van der Waals surface area contributed by atoms with Crippen LogP contribution in [0.15, 0.2) is 18.3 Å². The maximum Gasteiger partial charge on any atom is 0.410 e. The van der Waals surface area contributed by atoms with Gasteiger partial charge in [-0.25, -0.2) is 4.79 Å². The summed E-state index contributed by atoms with van der Waals surface area (Å²) in [7, 11) is 0. The molecular weight excluding hydrogens is 268 g/mol. The molecule has 1 aliphatic heterocycles. The van der Waals surface area contributed by atoms with Crippen LogP contribution in [0.5, 0.6) is 0 Å². The molecule has 0 aliphatic carbocycles. The number of amides is 1. The predicted octanol–water partition coefficient (Wildman–Crippen LogP) is 2.26. The smallest absolute Gasteiger partial charge is 0.410 e. The molecule has 0 fully saturated rings. The second-order valence-corrected chi connectivity index (χ2v) is 6.13. The Bertz CT molecular complexity index is 528. The summed E-state index contributed by atoms with van der Waals surface area (Å²) >= 11 is 0. The fourth-order valence-electron chi connectivity index (χ4n) is 2.18. The van der Waals surface area contributed by atoms with E-state index in [4.69, 9.17) is 4.74 Å². The van der Waals surface area contributed by atoms with Gasteiger partial charge in [-0.2, -0.15) is 5.10 Å². The van der Waals surface area contributed by atoms with E-state index in [0.717, 1.165) is 11.4 Å². The lowest BCUT2D eigenvalue weighted by atomic mass is 10.2. The first-order valence-corrected chi connectivity index (χ1v) is 7.27. The Hall–Kier alpha value is -1.98. The highest BCUT2D eigenvalue weighted by Crippen LogP contribution is 2.17. The standard InChI is InChI=1S/C15H24N4O2/c1-5-6-16-10-12-9-13-11-18(7-8-19(13)17-12)14(20)21-15(2,3)4/h5-6,9,16H,7-8,10-11H2,1-4H3/b6-5-. The Morgan fingerprint density at radius 2 is 2.24 bits per heavy atom. The van der Waals surface area contributed by atoms with E-state index in [1.54, 1.807) is 4.90 Å². The maximum absolute atomic E-state index is 12.1. The molecule has 0 radical (unpaired) electrons. The zero-order chi connectivity index (χ0) is 15.5. The minimum Gasteiger partial charge on any atom is -0.444 e. The summed E-state index contributed by atoms with van der Waals surface area (Å²) in [5.74, 6) is 0. The van der Waals surface area contributed by atoms with Gasteiger partial charge in [0.2, 0.25) is 0 Å². The maximum atomic E-state index is 12.1. The van der Waals surface area contributed by atoms with E-state index >= 15 is 0 Å². The van der Waals surface area contributed by atoms with E-state index in [1.165, 1.54) is 0 Å². The van der Waals surface area contributed by atoms with Crippen molar-refractivity contribution in [3.63, 3.8) is 0 Å². The van der Waals surface area contributed by atoms with Gasteiger partial charge in [-0.15, -0.1) is 0 Å². The van der Waals surface area contributed by atoms with Crippen molar-refractivity contribution in [2.75, 3.05) is 6.54 Å². The van der Waals surface area contributed by atoms with Gasteiger partial charge in [0.1, 0.15) is 5.60 Å². The van der Waals surface area contributed by atoms with Crippen molar-refractivity contribution in [3.8, 4) is 0 Å². The monoisotopic (exact) mass is 292 g/mol. The molecule has 0 saturated carbocycles. The van der Waals surface area contributed by atoms with Gasteiger partial charge in [-0.3, -0.25) is 4.68 Å². The van der Waals surface area contributed by atoms with Crippen LogP contribution in [0.1, 0.15) is 39.1 Å². The van der Waals surface area contributed by atoms with Gasteiger partial charge < -0.3 is 15.0 Å². The number of ether oxygens (including phenoxy) is 1. The molecule has 1 amide bonds. The molecule has 0 spiro atoms. The van der Waals surface area contributed by atoms with Gasteiger partial charge >= 0.3 is 6.09 Å². The number of carbonyl (C=O) groups is 1. The molecule has 0 atom stereocenters. The van der Waals surface area contributed by atoms with E-state index in [2.05, 4.69) is 10.4 Å². The zero-order valence-corrected chi connectivity index (χ0v) is 13.2. The summed E-state index contributed by atoms with van der Waals surface area (Å²) in [6, 6.07) is 2.03. The first kappa shape index (κ1) is 15.4. The SMILES string of the molecule is C/C=C\NCc1cc2n(n1)CCN(C(=O)OC(C)(C)C)C2. The fraction of sp³-hybridized carbons (Fsp3) is 0.600. The van der Waals surface area contributed by atoms with E-state index in [1.807, 2.05) is 50.7 Å². The highest BCUT2D eigenvalue weighted by Gasteiger charge is 2.26. The van der Waals surface area contributed by atoms with E-state index in [-0.39, 0.29) is 6.09 Å². The molecule has 0 bridgehead atoms. The summed E-state index contributed by atoms with van der Waals surface area (Å²) < 4.78 is 7.38. The van der Waals surface area contributed by atoms with Crippen LogP contribution in [0.3, 0.4) is 0 Å². The van der Waals surface area contributed by atoms with Gasteiger partial charge in [0.15, 0.2) is 0 Å². The number of nitrogens with zero attached hydrogens (tertiary/aromatic N) is 3. The third kappa shape index (κ3) is 4.24. The number of fused-ring (bicyclic) bond motifs is 1. The topological polar surface area (TPSA) is 59.4 Å². The molecule has 1 N–H and O–H groups in total. The van der Waals surface area contributed by atoms with Crippen LogP contribution in [-0.4, -0.2) is 32.9 Å². The number of hydrogen-bond donors (Lipinski definition) is 1. The zero-order valence-electron chi connectivity index (χ0n) is 13.2. The molecule has 0 aromatic carbocycles. The molecule has 6 nitrogen and oxygen atoms in total. The van der Waals surface area contributed by atoms with Crippen LogP contribution in [0, 0.1) is 0 Å². The van der Waals surface area contributed by atoms with E-state index in [9.17, 15) is 4.79 Å². The molecule has 1 aromatic rings. The van der Waals surface area contributed by atoms with Crippen LogP contribution in [0.25, 0.3) is 0 Å². The van der Waals surface area contributed by atoms with E-state index in [0.29, 0.717) is 26.2 Å². The third-order valence-corrected chi connectivity index (χ3v) is 3.07. The molecule has 0 unspecified atom stereocenters. The quantitative estimate of drug-likeness (QED) is 0.928. The highest BCUT2D eigenvalue weighted by atomic mass is 16.6. The van der Waals surface area contributed by atoms with Crippen molar-refractivity contribution in [1.29, 1.82) is 0 Å². The summed E-state index contributed by atoms with van der Waals surface area (Å²) in [6.07, 6.45) is 3.58. The number of nitrogens with one attached hydrogen (secondary N) is 1. The first-order valence-electron chi connectivity index (χ1n) is 7.27. The van der Waals surface area contributed by atoms with Crippen LogP contribution in [0.2, 0.25) is 0 Å². The third-order valence-electron chi connectivity index (χ3n) is 3.07. The second-order valence-electron chi connectivity index (χ2n) is 6.13. The number of rotatable bonds is 3. The predicted molar refractivity (Wildman–Crippen MR) is 80.5 cm³/mol. The lowest BCUT2D eigenvalue weighted by molar-refractivity contribution is 0.0194. The molecular formula is C15H24N4O2. The van der Waals surface area contributed by atoms with Crippen molar-refractivity contribution >= 4 is 6.09 Å². The lowest BCUT2D eigenvalue weighted by Gasteiger charge is -2.30. The minimum absolute atomic E-state index is 0.261. The number of carbonyl (C=O) groups excluding carboxylic acids is 1. The molecule has 6 heteroatoms. The van der Waals surface area contributed by atoms with Crippen molar-refractivity contribution < 1.29 is 9.53 Å². The number of aromatic nitrogens is 2. The second kappa shape index (κ2) is 6.20. The normalized spacial score (nSPS) is 15.1. The summed E-state index contributed by atoms with van der Waals surface area (Å²) in [5, 5.41) is 7.70. The summed E-state index contributed by atoms with van der Waals surface area (Å²) in [5.41, 5.74) is 1.56. The van der Waals surface area contributed by atoms with Gasteiger partial charge in [0.25, 0.3) is 0 Å². The average Bonchev–Trinajstić information content (AvgIpc) is 2.78. The van der Waals surface area contributed by atoms with Crippen LogP contribution in [0.4, 0.5) is 4.79 Å². The van der Waals surface area contributed by atoms with E-state index < -0.39 is 5.60 Å². The first-order chi connectivity index (χ1) is 9.89. The van der Waals surface area contributed by atoms with Crippen molar-refractivity contribution in [2.24, 2.45) is 0 Å². The lowest BCUT2D eigenvalue weighted by Crippen LogP contribution is -2.41. The Labute approximate surface area is 125 Å². The van der Waals surface area contributed by atoms with Gasteiger partial charge in [0, 0.05) is 6.54 Å². The Morgan fingerprint density at radius 3 is 2.90 bits per heavy atom. The molecule has 116 valence electrons. The Kier molecular flexibility index (Phi) is 4.55. The molecule has 0 saturated heterocycles.